The molecule has 0 saturated carbocycles. The summed E-state index contributed by atoms with van der Waals surface area (Å²) in [6.45, 7) is 5.30. The van der Waals surface area contributed by atoms with Crippen molar-refractivity contribution in [3.05, 3.63) is 11.1 Å². The van der Waals surface area contributed by atoms with E-state index in [9.17, 15) is 4.79 Å². The average Bonchev–Trinajstić information content (AvgIpc) is 2.75. The van der Waals surface area contributed by atoms with Crippen LogP contribution >= 0.6 is 11.3 Å². The summed E-state index contributed by atoms with van der Waals surface area (Å²) in [7, 11) is 0. The number of thiazole rings is 1. The Morgan fingerprint density at radius 1 is 1.56 bits per heavy atom. The molecule has 5 nitrogen and oxygen atoms in total. The van der Waals surface area contributed by atoms with Crippen molar-refractivity contribution in [2.45, 2.75) is 39.2 Å². The van der Waals surface area contributed by atoms with Gasteiger partial charge < -0.3 is 16.2 Å². The fourth-order valence-electron chi connectivity index (χ4n) is 1.51. The number of aliphatic carboxylic acids is 1. The molecular formula is C12H21N3O2S. The third kappa shape index (κ3) is 5.01. The first-order chi connectivity index (χ1) is 8.50. The van der Waals surface area contributed by atoms with Crippen molar-refractivity contribution in [2.75, 3.05) is 11.9 Å². The van der Waals surface area contributed by atoms with Gasteiger partial charge in [0.05, 0.1) is 5.69 Å². The fraction of sp³-hybridized carbons (Fsp3) is 0.667. The second kappa shape index (κ2) is 7.33. The minimum Gasteiger partial charge on any atom is -0.480 e. The molecule has 0 fully saturated rings. The van der Waals surface area contributed by atoms with Gasteiger partial charge in [-0.2, -0.15) is 0 Å². The molecule has 1 aromatic rings. The van der Waals surface area contributed by atoms with Gasteiger partial charge in [-0.05, 0) is 12.3 Å². The van der Waals surface area contributed by atoms with Crippen molar-refractivity contribution in [3.63, 3.8) is 0 Å². The quantitative estimate of drug-likeness (QED) is 0.632. The lowest BCUT2D eigenvalue weighted by Crippen LogP contribution is -2.20. The third-order valence-electron chi connectivity index (χ3n) is 2.59. The third-order valence-corrected chi connectivity index (χ3v) is 3.41. The largest absolute Gasteiger partial charge is 0.480 e. The zero-order valence-corrected chi connectivity index (χ0v) is 11.7. The lowest BCUT2D eigenvalue weighted by molar-refractivity contribution is -0.138. The van der Waals surface area contributed by atoms with Gasteiger partial charge in [0.15, 0.2) is 5.13 Å². The Morgan fingerprint density at radius 2 is 2.28 bits per heavy atom. The van der Waals surface area contributed by atoms with E-state index in [1.54, 1.807) is 5.38 Å². The molecule has 0 amide bonds. The first-order valence-electron chi connectivity index (χ1n) is 6.18. The van der Waals surface area contributed by atoms with E-state index in [4.69, 9.17) is 10.8 Å². The van der Waals surface area contributed by atoms with Crippen molar-refractivity contribution in [2.24, 2.45) is 11.7 Å². The van der Waals surface area contributed by atoms with Crippen LogP contribution in [0.4, 0.5) is 5.13 Å². The number of carboxylic acid groups (broad SMARTS) is 1. The highest BCUT2D eigenvalue weighted by atomic mass is 32.1. The van der Waals surface area contributed by atoms with Crippen LogP contribution in [0.25, 0.3) is 0 Å². The van der Waals surface area contributed by atoms with Crippen molar-refractivity contribution < 1.29 is 9.90 Å². The molecule has 0 saturated heterocycles. The lowest BCUT2D eigenvalue weighted by Gasteiger charge is -2.05. The molecule has 1 heterocycles. The van der Waals surface area contributed by atoms with E-state index in [2.05, 4.69) is 24.1 Å². The van der Waals surface area contributed by atoms with Gasteiger partial charge in [0.1, 0.15) is 6.04 Å². The summed E-state index contributed by atoms with van der Waals surface area (Å²) in [5.74, 6) is -0.311. The molecule has 0 radical (unpaired) electrons. The summed E-state index contributed by atoms with van der Waals surface area (Å²) in [5, 5.41) is 14.4. The zero-order chi connectivity index (χ0) is 13.5. The summed E-state index contributed by atoms with van der Waals surface area (Å²) in [6, 6.07) is -1.03. The van der Waals surface area contributed by atoms with Gasteiger partial charge in [-0.15, -0.1) is 11.3 Å². The van der Waals surface area contributed by atoms with Crippen LogP contribution in [0, 0.1) is 5.92 Å². The molecule has 0 aromatic carbocycles. The molecule has 18 heavy (non-hydrogen) atoms. The highest BCUT2D eigenvalue weighted by Gasteiger charge is 2.17. The molecule has 0 aliphatic heterocycles. The number of unbranched alkanes of at least 4 members (excludes halogenated alkanes) is 1. The van der Waals surface area contributed by atoms with E-state index in [0.29, 0.717) is 5.69 Å². The summed E-state index contributed by atoms with van der Waals surface area (Å²) in [6.07, 6.45) is 3.52. The van der Waals surface area contributed by atoms with Gasteiger partial charge in [-0.1, -0.05) is 26.7 Å². The maximum atomic E-state index is 10.7. The SMILES string of the molecule is CC(C)CCCCNc1nc(C(N)C(=O)O)cs1. The average molecular weight is 271 g/mol. The number of rotatable bonds is 8. The summed E-state index contributed by atoms with van der Waals surface area (Å²) in [5.41, 5.74) is 5.89. The minimum atomic E-state index is -1.05. The summed E-state index contributed by atoms with van der Waals surface area (Å²) >= 11 is 1.39. The van der Waals surface area contributed by atoms with Gasteiger partial charge in [0.25, 0.3) is 0 Å². The van der Waals surface area contributed by atoms with Crippen LogP contribution in [-0.2, 0) is 4.79 Å². The molecule has 0 aliphatic rings. The molecule has 1 aromatic heterocycles. The predicted octanol–water partition coefficient (Wildman–Crippen LogP) is 2.47. The first kappa shape index (κ1) is 14.9. The van der Waals surface area contributed by atoms with E-state index < -0.39 is 12.0 Å². The monoisotopic (exact) mass is 271 g/mol. The number of nitrogens with zero attached hydrogens (tertiary/aromatic N) is 1. The highest BCUT2D eigenvalue weighted by Crippen LogP contribution is 2.19. The van der Waals surface area contributed by atoms with E-state index in [-0.39, 0.29) is 0 Å². The van der Waals surface area contributed by atoms with E-state index in [1.165, 1.54) is 24.2 Å². The number of carbonyl (C=O) groups is 1. The molecule has 102 valence electrons. The lowest BCUT2D eigenvalue weighted by atomic mass is 10.1. The molecule has 0 bridgehead atoms. The molecule has 6 heteroatoms. The van der Waals surface area contributed by atoms with Gasteiger partial charge in [0, 0.05) is 11.9 Å². The molecule has 1 atom stereocenters. The van der Waals surface area contributed by atoms with Crippen LogP contribution in [0.1, 0.15) is 44.8 Å². The molecule has 0 spiro atoms. The molecule has 1 unspecified atom stereocenters. The standard InChI is InChI=1S/C12H21N3O2S/c1-8(2)5-3-4-6-14-12-15-9(7-18-12)10(13)11(16)17/h7-8,10H,3-6,13H2,1-2H3,(H,14,15)(H,16,17). The van der Waals surface area contributed by atoms with Crippen molar-refractivity contribution in [1.82, 2.24) is 4.98 Å². The second-order valence-electron chi connectivity index (χ2n) is 4.71. The molecule has 4 N–H and O–H groups in total. The van der Waals surface area contributed by atoms with Crippen LogP contribution in [-0.4, -0.2) is 22.6 Å². The number of carboxylic acids is 1. The molecule has 1 rings (SSSR count). The van der Waals surface area contributed by atoms with E-state index in [1.807, 2.05) is 0 Å². The van der Waals surface area contributed by atoms with E-state index >= 15 is 0 Å². The fourth-order valence-corrected chi connectivity index (χ4v) is 2.28. The van der Waals surface area contributed by atoms with Gasteiger partial charge in [-0.25, -0.2) is 4.98 Å². The van der Waals surface area contributed by atoms with Crippen LogP contribution in [0.3, 0.4) is 0 Å². The number of nitrogens with one attached hydrogen (secondary N) is 1. The number of anilines is 1. The Labute approximate surface area is 111 Å². The van der Waals surface area contributed by atoms with Gasteiger partial charge in [-0.3, -0.25) is 4.79 Å². The first-order valence-corrected chi connectivity index (χ1v) is 7.06. The predicted molar refractivity (Wildman–Crippen MR) is 73.9 cm³/mol. The second-order valence-corrected chi connectivity index (χ2v) is 5.57. The van der Waals surface area contributed by atoms with Crippen molar-refractivity contribution in [3.8, 4) is 0 Å². The van der Waals surface area contributed by atoms with Crippen LogP contribution in [0.2, 0.25) is 0 Å². The maximum absolute atomic E-state index is 10.7. The number of nitrogens with two attached hydrogens (primary N) is 1. The zero-order valence-electron chi connectivity index (χ0n) is 10.8. The number of aromatic nitrogens is 1. The van der Waals surface area contributed by atoms with E-state index in [0.717, 1.165) is 24.0 Å². The smallest absolute Gasteiger partial charge is 0.326 e. The minimum absolute atomic E-state index is 0.414. The van der Waals surface area contributed by atoms with Crippen LogP contribution in [0.15, 0.2) is 5.38 Å². The van der Waals surface area contributed by atoms with Crippen LogP contribution < -0.4 is 11.1 Å². The topological polar surface area (TPSA) is 88.2 Å². The number of hydrogen-bond acceptors (Lipinski definition) is 5. The highest BCUT2D eigenvalue weighted by molar-refractivity contribution is 7.13. The van der Waals surface area contributed by atoms with Crippen LogP contribution in [0.5, 0.6) is 0 Å². The molecular weight excluding hydrogens is 250 g/mol. The number of hydrogen-bond donors (Lipinski definition) is 3. The Bertz CT molecular complexity index is 379. The van der Waals surface area contributed by atoms with Crippen molar-refractivity contribution >= 4 is 22.4 Å². The summed E-state index contributed by atoms with van der Waals surface area (Å²) < 4.78 is 0. The Kier molecular flexibility index (Phi) is 6.07. The Hall–Kier alpha value is -1.14. The van der Waals surface area contributed by atoms with Gasteiger partial charge in [0.2, 0.25) is 0 Å². The Balaban J connectivity index is 2.29. The Morgan fingerprint density at radius 3 is 2.89 bits per heavy atom. The normalized spacial score (nSPS) is 12.7. The summed E-state index contributed by atoms with van der Waals surface area (Å²) in [4.78, 5) is 14.9. The van der Waals surface area contributed by atoms with Gasteiger partial charge >= 0.3 is 5.97 Å². The molecule has 0 aliphatic carbocycles. The van der Waals surface area contributed by atoms with Crippen molar-refractivity contribution in [1.29, 1.82) is 0 Å². The maximum Gasteiger partial charge on any atom is 0.326 e.